The van der Waals surface area contributed by atoms with Gasteiger partial charge in [-0.25, -0.2) is 0 Å². The molecule has 1 heterocycles. The van der Waals surface area contributed by atoms with Crippen LogP contribution in [0.5, 0.6) is 0 Å². The molecule has 2 N–H and O–H groups in total. The second-order valence-electron chi connectivity index (χ2n) is 6.43. The van der Waals surface area contributed by atoms with Crippen molar-refractivity contribution < 1.29 is 27.5 Å². The van der Waals surface area contributed by atoms with Crippen LogP contribution in [-0.2, 0) is 9.53 Å². The zero-order valence-electron chi connectivity index (χ0n) is 14.8. The Hall–Kier alpha value is -2.87. The molecule has 0 aliphatic carbocycles. The Morgan fingerprint density at radius 2 is 1.82 bits per heavy atom. The number of halogens is 3. The predicted octanol–water partition coefficient (Wildman–Crippen LogP) is 3.84. The van der Waals surface area contributed by atoms with Gasteiger partial charge in [0, 0.05) is 17.9 Å². The standard InChI is InChI=1S/C20H19F3N2O3/c21-20(22,23)17(13-6-2-1-3-7-13)25-18(26)14-8-4-9-15(12-14)24-19(27)16-10-5-11-28-16/h1-4,6-9,12,16-17H,5,10-11H2,(H,24,27)(H,25,26). The first-order valence-corrected chi connectivity index (χ1v) is 8.79. The monoisotopic (exact) mass is 392 g/mol. The van der Waals surface area contributed by atoms with Crippen LogP contribution < -0.4 is 10.6 Å². The molecule has 8 heteroatoms. The van der Waals surface area contributed by atoms with E-state index in [1.165, 1.54) is 42.5 Å². The number of hydrogen-bond donors (Lipinski definition) is 2. The van der Waals surface area contributed by atoms with Crippen LogP contribution in [0.15, 0.2) is 54.6 Å². The zero-order chi connectivity index (χ0) is 20.1. The fourth-order valence-electron chi connectivity index (χ4n) is 2.96. The molecular weight excluding hydrogens is 373 g/mol. The highest BCUT2D eigenvalue weighted by Crippen LogP contribution is 2.32. The number of anilines is 1. The molecule has 1 aliphatic heterocycles. The summed E-state index contributed by atoms with van der Waals surface area (Å²) in [7, 11) is 0. The number of rotatable bonds is 5. The fourth-order valence-corrected chi connectivity index (χ4v) is 2.96. The van der Waals surface area contributed by atoms with E-state index in [4.69, 9.17) is 4.74 Å². The van der Waals surface area contributed by atoms with Crippen LogP contribution in [0.1, 0.15) is 34.8 Å². The van der Waals surface area contributed by atoms with Crippen molar-refractivity contribution in [2.24, 2.45) is 0 Å². The second kappa shape index (κ2) is 8.43. The Labute approximate surface area is 159 Å². The highest BCUT2D eigenvalue weighted by molar-refractivity contribution is 5.98. The average Bonchev–Trinajstić information content (AvgIpc) is 3.21. The quantitative estimate of drug-likeness (QED) is 0.813. The number of benzene rings is 2. The topological polar surface area (TPSA) is 67.4 Å². The van der Waals surface area contributed by atoms with Gasteiger partial charge in [-0.15, -0.1) is 0 Å². The summed E-state index contributed by atoms with van der Waals surface area (Å²) in [4.78, 5) is 24.5. The Morgan fingerprint density at radius 1 is 1.07 bits per heavy atom. The third-order valence-electron chi connectivity index (χ3n) is 4.35. The largest absolute Gasteiger partial charge is 0.412 e. The van der Waals surface area contributed by atoms with Crippen LogP contribution in [0.3, 0.4) is 0 Å². The van der Waals surface area contributed by atoms with E-state index in [1.807, 2.05) is 5.32 Å². The third-order valence-corrected chi connectivity index (χ3v) is 4.35. The van der Waals surface area contributed by atoms with Crippen LogP contribution in [0.4, 0.5) is 18.9 Å². The SMILES string of the molecule is O=C(NC(c1ccccc1)C(F)(F)F)c1cccc(NC(=O)C2CCCO2)c1. The lowest BCUT2D eigenvalue weighted by Crippen LogP contribution is -2.38. The van der Waals surface area contributed by atoms with Crippen LogP contribution in [0.2, 0.25) is 0 Å². The summed E-state index contributed by atoms with van der Waals surface area (Å²) in [6.07, 6.45) is -3.80. The molecule has 1 aliphatic rings. The summed E-state index contributed by atoms with van der Waals surface area (Å²) in [5.74, 6) is -1.23. The molecule has 148 valence electrons. The maximum absolute atomic E-state index is 13.4. The van der Waals surface area contributed by atoms with E-state index in [0.717, 1.165) is 6.42 Å². The van der Waals surface area contributed by atoms with E-state index >= 15 is 0 Å². The molecule has 0 aromatic heterocycles. The highest BCUT2D eigenvalue weighted by Gasteiger charge is 2.41. The molecule has 2 aromatic rings. The van der Waals surface area contributed by atoms with Gasteiger partial charge >= 0.3 is 6.18 Å². The van der Waals surface area contributed by atoms with E-state index in [0.29, 0.717) is 18.7 Å². The number of carbonyl (C=O) groups is 2. The van der Waals surface area contributed by atoms with Crippen molar-refractivity contribution in [3.05, 3.63) is 65.7 Å². The Bertz CT molecular complexity index is 834. The number of nitrogens with one attached hydrogen (secondary N) is 2. The van der Waals surface area contributed by atoms with Gasteiger partial charge < -0.3 is 15.4 Å². The summed E-state index contributed by atoms with van der Waals surface area (Å²) < 4.78 is 45.5. The van der Waals surface area contributed by atoms with Gasteiger partial charge in [0.05, 0.1) is 0 Å². The smallest absolute Gasteiger partial charge is 0.368 e. The first-order valence-electron chi connectivity index (χ1n) is 8.79. The van der Waals surface area contributed by atoms with Gasteiger partial charge in [-0.05, 0) is 36.6 Å². The molecule has 1 saturated heterocycles. The Balaban J connectivity index is 1.73. The number of amides is 2. The minimum Gasteiger partial charge on any atom is -0.368 e. The number of alkyl halides is 3. The number of hydrogen-bond acceptors (Lipinski definition) is 3. The first kappa shape index (κ1) is 19.9. The van der Waals surface area contributed by atoms with Crippen molar-refractivity contribution in [3.8, 4) is 0 Å². The van der Waals surface area contributed by atoms with Gasteiger partial charge in [0.25, 0.3) is 11.8 Å². The van der Waals surface area contributed by atoms with E-state index in [1.54, 1.807) is 12.1 Å². The van der Waals surface area contributed by atoms with Crippen LogP contribution in [0.25, 0.3) is 0 Å². The van der Waals surface area contributed by atoms with Crippen molar-refractivity contribution in [2.45, 2.75) is 31.2 Å². The third kappa shape index (κ3) is 4.89. The minimum atomic E-state index is -4.65. The van der Waals surface area contributed by atoms with Gasteiger partial charge in [0.15, 0.2) is 6.04 Å². The van der Waals surface area contributed by atoms with E-state index in [2.05, 4.69) is 5.32 Å². The van der Waals surface area contributed by atoms with Gasteiger partial charge in [0.1, 0.15) is 6.10 Å². The summed E-state index contributed by atoms with van der Waals surface area (Å²) in [6.45, 7) is 0.513. The first-order chi connectivity index (χ1) is 13.3. The van der Waals surface area contributed by atoms with Gasteiger partial charge in [-0.2, -0.15) is 13.2 Å². The van der Waals surface area contributed by atoms with Crippen molar-refractivity contribution in [2.75, 3.05) is 11.9 Å². The van der Waals surface area contributed by atoms with Gasteiger partial charge in [0.2, 0.25) is 0 Å². The zero-order valence-corrected chi connectivity index (χ0v) is 14.8. The molecule has 2 amide bonds. The van der Waals surface area contributed by atoms with Crippen LogP contribution in [-0.4, -0.2) is 30.7 Å². The van der Waals surface area contributed by atoms with Crippen LogP contribution in [0, 0.1) is 0 Å². The second-order valence-corrected chi connectivity index (χ2v) is 6.43. The maximum atomic E-state index is 13.4. The molecule has 2 unspecified atom stereocenters. The molecule has 0 radical (unpaired) electrons. The number of carbonyl (C=O) groups excluding carboxylic acids is 2. The van der Waals surface area contributed by atoms with Gasteiger partial charge in [-0.3, -0.25) is 9.59 Å². The van der Waals surface area contributed by atoms with Crippen molar-refractivity contribution in [3.63, 3.8) is 0 Å². The van der Waals surface area contributed by atoms with Gasteiger partial charge in [-0.1, -0.05) is 36.4 Å². The molecule has 1 fully saturated rings. The molecule has 0 bridgehead atoms. The lowest BCUT2D eigenvalue weighted by Gasteiger charge is -2.22. The van der Waals surface area contributed by atoms with Crippen molar-refractivity contribution >= 4 is 17.5 Å². The van der Waals surface area contributed by atoms with E-state index in [-0.39, 0.29) is 17.0 Å². The summed E-state index contributed by atoms with van der Waals surface area (Å²) in [5.41, 5.74) is 0.262. The lowest BCUT2D eigenvalue weighted by atomic mass is 10.1. The Morgan fingerprint density at radius 3 is 2.46 bits per heavy atom. The molecule has 3 rings (SSSR count). The molecule has 2 atom stereocenters. The summed E-state index contributed by atoms with van der Waals surface area (Å²) >= 11 is 0. The average molecular weight is 392 g/mol. The highest BCUT2D eigenvalue weighted by atomic mass is 19.4. The van der Waals surface area contributed by atoms with E-state index in [9.17, 15) is 22.8 Å². The summed E-state index contributed by atoms with van der Waals surface area (Å²) in [5, 5.41) is 4.65. The molecule has 0 saturated carbocycles. The fraction of sp³-hybridized carbons (Fsp3) is 0.300. The molecular formula is C20H19F3N2O3. The minimum absolute atomic E-state index is 0.00956. The lowest BCUT2D eigenvalue weighted by molar-refractivity contribution is -0.155. The summed E-state index contributed by atoms with van der Waals surface area (Å²) in [6, 6.07) is 10.8. The molecule has 2 aromatic carbocycles. The van der Waals surface area contributed by atoms with Crippen molar-refractivity contribution in [1.29, 1.82) is 0 Å². The number of ether oxygens (including phenoxy) is 1. The maximum Gasteiger partial charge on any atom is 0.412 e. The molecule has 0 spiro atoms. The predicted molar refractivity (Wildman–Crippen MR) is 96.7 cm³/mol. The molecule has 28 heavy (non-hydrogen) atoms. The van der Waals surface area contributed by atoms with Crippen LogP contribution >= 0.6 is 0 Å². The van der Waals surface area contributed by atoms with Crippen molar-refractivity contribution in [1.82, 2.24) is 5.32 Å². The van der Waals surface area contributed by atoms with E-state index < -0.39 is 24.2 Å². The Kier molecular flexibility index (Phi) is 5.99. The normalized spacial score (nSPS) is 17.8. The molecule has 5 nitrogen and oxygen atoms in total.